The fraction of sp³-hybridized carbons (Fsp3) is 0.545. The van der Waals surface area contributed by atoms with Crippen molar-refractivity contribution in [2.45, 2.75) is 19.0 Å². The fourth-order valence-corrected chi connectivity index (χ4v) is 2.06. The first-order valence-electron chi connectivity index (χ1n) is 5.87. The lowest BCUT2D eigenvalue weighted by Gasteiger charge is -2.31. The van der Waals surface area contributed by atoms with Gasteiger partial charge >= 0.3 is 6.18 Å². The minimum atomic E-state index is -4.47. The highest BCUT2D eigenvalue weighted by Gasteiger charge is 2.33. The van der Waals surface area contributed by atoms with Crippen LogP contribution in [-0.4, -0.2) is 29.1 Å². The second kappa shape index (κ2) is 5.02. The van der Waals surface area contributed by atoms with Gasteiger partial charge in [0.2, 0.25) is 0 Å². The highest BCUT2D eigenvalue weighted by atomic mass is 19.4. The van der Waals surface area contributed by atoms with Gasteiger partial charge in [0.05, 0.1) is 5.84 Å². The molecule has 1 aliphatic rings. The smallest absolute Gasteiger partial charge is 0.387 e. The second-order valence-corrected chi connectivity index (χ2v) is 4.49. The molecule has 2 rings (SSSR count). The van der Waals surface area contributed by atoms with Crippen LogP contribution < -0.4 is 10.6 Å². The third kappa shape index (κ3) is 3.12. The van der Waals surface area contributed by atoms with Crippen LogP contribution in [0.2, 0.25) is 0 Å². The number of alkyl halides is 3. The van der Waals surface area contributed by atoms with Crippen LogP contribution in [0.25, 0.3) is 0 Å². The van der Waals surface area contributed by atoms with E-state index in [-0.39, 0.29) is 11.8 Å². The maximum absolute atomic E-state index is 12.3. The van der Waals surface area contributed by atoms with Crippen LogP contribution in [0.15, 0.2) is 12.1 Å². The fourth-order valence-electron chi connectivity index (χ4n) is 2.06. The van der Waals surface area contributed by atoms with Gasteiger partial charge in [-0.15, -0.1) is 10.2 Å². The number of aromatic nitrogens is 2. The van der Waals surface area contributed by atoms with Gasteiger partial charge in [0.25, 0.3) is 0 Å². The molecule has 0 saturated carbocycles. The summed E-state index contributed by atoms with van der Waals surface area (Å²) in [5, 5.41) is 14.2. The molecular formula is C11H14F3N5. The van der Waals surface area contributed by atoms with Gasteiger partial charge in [0.15, 0.2) is 11.5 Å². The molecule has 0 atom stereocenters. The van der Waals surface area contributed by atoms with Gasteiger partial charge in [0, 0.05) is 19.0 Å². The Labute approximate surface area is 108 Å². The van der Waals surface area contributed by atoms with Crippen molar-refractivity contribution in [3.05, 3.63) is 17.8 Å². The number of halogens is 3. The highest BCUT2D eigenvalue weighted by Crippen LogP contribution is 2.28. The molecule has 0 radical (unpaired) electrons. The Bertz CT molecular complexity index is 448. The standard InChI is InChI=1S/C11H14F3N5/c12-11(13,14)8-1-2-9(18-17-8)19-5-3-7(4-6-19)10(15)16/h1-2,7H,3-6H2,(H3,15,16). The van der Waals surface area contributed by atoms with E-state index in [9.17, 15) is 13.2 Å². The molecule has 0 unspecified atom stereocenters. The average molecular weight is 273 g/mol. The average Bonchev–Trinajstić information content (AvgIpc) is 2.38. The van der Waals surface area contributed by atoms with Crippen molar-refractivity contribution in [2.24, 2.45) is 11.7 Å². The molecule has 2 heterocycles. The molecule has 1 saturated heterocycles. The molecule has 1 aromatic heterocycles. The lowest BCUT2D eigenvalue weighted by Crippen LogP contribution is -2.38. The summed E-state index contributed by atoms with van der Waals surface area (Å²) in [6.45, 7) is 1.23. The summed E-state index contributed by atoms with van der Waals surface area (Å²) in [6, 6.07) is 2.25. The zero-order chi connectivity index (χ0) is 14.0. The topological polar surface area (TPSA) is 78.9 Å². The van der Waals surface area contributed by atoms with Crippen LogP contribution >= 0.6 is 0 Å². The van der Waals surface area contributed by atoms with Crippen LogP contribution in [0.3, 0.4) is 0 Å². The molecule has 0 spiro atoms. The molecular weight excluding hydrogens is 259 g/mol. The Kier molecular flexibility index (Phi) is 3.59. The van der Waals surface area contributed by atoms with Gasteiger partial charge < -0.3 is 10.6 Å². The van der Waals surface area contributed by atoms with Gasteiger partial charge in [-0.05, 0) is 25.0 Å². The SMILES string of the molecule is N=C(N)C1CCN(c2ccc(C(F)(F)F)nn2)CC1. The zero-order valence-corrected chi connectivity index (χ0v) is 10.1. The van der Waals surface area contributed by atoms with Crippen molar-refractivity contribution in [1.29, 1.82) is 5.41 Å². The second-order valence-electron chi connectivity index (χ2n) is 4.49. The van der Waals surface area contributed by atoms with Crippen molar-refractivity contribution in [2.75, 3.05) is 18.0 Å². The minimum Gasteiger partial charge on any atom is -0.387 e. The summed E-state index contributed by atoms with van der Waals surface area (Å²) >= 11 is 0. The highest BCUT2D eigenvalue weighted by molar-refractivity contribution is 5.79. The lowest BCUT2D eigenvalue weighted by atomic mass is 9.96. The summed E-state index contributed by atoms with van der Waals surface area (Å²) in [6.07, 6.45) is -3.05. The van der Waals surface area contributed by atoms with Crippen molar-refractivity contribution in [3.63, 3.8) is 0 Å². The number of hydrogen-bond acceptors (Lipinski definition) is 4. The molecule has 8 heteroatoms. The normalized spacial score (nSPS) is 17.5. The molecule has 5 nitrogen and oxygen atoms in total. The summed E-state index contributed by atoms with van der Waals surface area (Å²) in [4.78, 5) is 1.85. The summed E-state index contributed by atoms with van der Waals surface area (Å²) in [7, 11) is 0. The van der Waals surface area contributed by atoms with Gasteiger partial charge in [-0.1, -0.05) is 0 Å². The molecule has 104 valence electrons. The number of amidine groups is 1. The van der Waals surface area contributed by atoms with Gasteiger partial charge in [0.1, 0.15) is 0 Å². The van der Waals surface area contributed by atoms with E-state index in [1.165, 1.54) is 6.07 Å². The van der Waals surface area contributed by atoms with Crippen LogP contribution in [0.5, 0.6) is 0 Å². The zero-order valence-electron chi connectivity index (χ0n) is 10.1. The quantitative estimate of drug-likeness (QED) is 0.634. The van der Waals surface area contributed by atoms with Gasteiger partial charge in [-0.3, -0.25) is 5.41 Å². The van der Waals surface area contributed by atoms with E-state index < -0.39 is 11.9 Å². The van der Waals surface area contributed by atoms with Crippen molar-refractivity contribution < 1.29 is 13.2 Å². The first-order valence-corrected chi connectivity index (χ1v) is 5.87. The first kappa shape index (κ1) is 13.6. The van der Waals surface area contributed by atoms with E-state index >= 15 is 0 Å². The summed E-state index contributed by atoms with van der Waals surface area (Å²) in [5.74, 6) is 0.645. The van der Waals surface area contributed by atoms with Crippen molar-refractivity contribution in [3.8, 4) is 0 Å². The van der Waals surface area contributed by atoms with E-state index in [0.717, 1.165) is 6.07 Å². The Morgan fingerprint density at radius 3 is 2.32 bits per heavy atom. The van der Waals surface area contributed by atoms with E-state index in [1.807, 2.05) is 4.90 Å². The number of nitrogens with zero attached hydrogens (tertiary/aromatic N) is 3. The Morgan fingerprint density at radius 1 is 1.26 bits per heavy atom. The summed E-state index contributed by atoms with van der Waals surface area (Å²) < 4.78 is 37.0. The first-order chi connectivity index (χ1) is 8.88. The third-order valence-corrected chi connectivity index (χ3v) is 3.20. The third-order valence-electron chi connectivity index (χ3n) is 3.20. The number of piperidine rings is 1. The molecule has 0 bridgehead atoms. The van der Waals surface area contributed by atoms with E-state index in [0.29, 0.717) is 31.7 Å². The predicted molar refractivity (Wildman–Crippen MR) is 63.9 cm³/mol. The van der Waals surface area contributed by atoms with E-state index in [2.05, 4.69) is 10.2 Å². The minimum absolute atomic E-state index is 0.0543. The molecule has 0 aliphatic carbocycles. The molecule has 0 aromatic carbocycles. The Morgan fingerprint density at radius 2 is 1.89 bits per heavy atom. The molecule has 0 amide bonds. The van der Waals surface area contributed by atoms with Crippen molar-refractivity contribution in [1.82, 2.24) is 10.2 Å². The van der Waals surface area contributed by atoms with Crippen LogP contribution in [0, 0.1) is 11.3 Å². The van der Waals surface area contributed by atoms with Crippen molar-refractivity contribution >= 4 is 11.7 Å². The molecule has 1 aromatic rings. The largest absolute Gasteiger partial charge is 0.435 e. The van der Waals surface area contributed by atoms with Crippen LogP contribution in [0.1, 0.15) is 18.5 Å². The van der Waals surface area contributed by atoms with Gasteiger partial charge in [-0.2, -0.15) is 13.2 Å². The molecule has 3 N–H and O–H groups in total. The number of hydrogen-bond donors (Lipinski definition) is 2. The summed E-state index contributed by atoms with van der Waals surface area (Å²) in [5.41, 5.74) is 4.44. The molecule has 1 fully saturated rings. The lowest BCUT2D eigenvalue weighted by molar-refractivity contribution is -0.141. The monoisotopic (exact) mass is 273 g/mol. The number of nitrogens with one attached hydrogen (secondary N) is 1. The maximum Gasteiger partial charge on any atom is 0.435 e. The molecule has 19 heavy (non-hydrogen) atoms. The van der Waals surface area contributed by atoms with E-state index in [4.69, 9.17) is 11.1 Å². The Balaban J connectivity index is 2.02. The number of rotatable bonds is 2. The maximum atomic E-state index is 12.3. The predicted octanol–water partition coefficient (Wildman–Crippen LogP) is 1.65. The van der Waals surface area contributed by atoms with Crippen LogP contribution in [0.4, 0.5) is 19.0 Å². The number of anilines is 1. The van der Waals surface area contributed by atoms with E-state index in [1.54, 1.807) is 0 Å². The number of nitrogens with two attached hydrogens (primary N) is 1. The Hall–Kier alpha value is -1.86. The van der Waals surface area contributed by atoms with Gasteiger partial charge in [-0.25, -0.2) is 0 Å². The van der Waals surface area contributed by atoms with Crippen LogP contribution in [-0.2, 0) is 6.18 Å². The molecule has 1 aliphatic heterocycles.